The van der Waals surface area contributed by atoms with Crippen LogP contribution < -0.4 is 20.7 Å². The summed E-state index contributed by atoms with van der Waals surface area (Å²) in [6.45, 7) is 0.992. The molecule has 3 rings (SSSR count). The van der Waals surface area contributed by atoms with Crippen molar-refractivity contribution >= 4 is 29.6 Å². The molecule has 11 heteroatoms. The third-order valence-electron chi connectivity index (χ3n) is 5.34. The molecule has 1 saturated carbocycles. The zero-order valence-electron chi connectivity index (χ0n) is 17.6. The molecule has 0 bridgehead atoms. The van der Waals surface area contributed by atoms with Gasteiger partial charge in [0, 0.05) is 19.0 Å². The fourth-order valence-electron chi connectivity index (χ4n) is 3.70. The second kappa shape index (κ2) is 11.8. The largest absolute Gasteiger partial charge is 0.494 e. The molecular formula is C21H28N4O7. The zero-order chi connectivity index (χ0) is 22.2. The van der Waals surface area contributed by atoms with Gasteiger partial charge in [0.05, 0.1) is 17.1 Å². The van der Waals surface area contributed by atoms with Gasteiger partial charge in [-0.15, -0.1) is 0 Å². The lowest BCUT2D eigenvalue weighted by Crippen LogP contribution is -2.30. The van der Waals surface area contributed by atoms with Crippen LogP contribution in [0.2, 0.25) is 0 Å². The number of nitro groups is 1. The molecule has 4 amide bonds. The van der Waals surface area contributed by atoms with Crippen molar-refractivity contribution in [3.63, 3.8) is 0 Å². The third kappa shape index (κ3) is 7.05. The number of rotatable bonds is 9. The van der Waals surface area contributed by atoms with Crippen LogP contribution in [-0.4, -0.2) is 41.4 Å². The first-order chi connectivity index (χ1) is 14.9. The zero-order valence-corrected chi connectivity index (χ0v) is 17.6. The van der Waals surface area contributed by atoms with Gasteiger partial charge in [0.2, 0.25) is 5.91 Å². The maximum Gasteiger partial charge on any atom is 0.326 e. The number of amides is 4. The summed E-state index contributed by atoms with van der Waals surface area (Å²) in [6.07, 6.45) is 8.17. The molecule has 1 aromatic carbocycles. The van der Waals surface area contributed by atoms with Gasteiger partial charge >= 0.3 is 6.03 Å². The molecule has 11 nitrogen and oxygen atoms in total. The van der Waals surface area contributed by atoms with Crippen LogP contribution in [0, 0.1) is 16.0 Å². The molecule has 0 radical (unpaired) electrons. The highest BCUT2D eigenvalue weighted by Crippen LogP contribution is 2.27. The van der Waals surface area contributed by atoms with Crippen LogP contribution in [-0.2, 0) is 9.59 Å². The number of benzene rings is 1. The van der Waals surface area contributed by atoms with Gasteiger partial charge in [-0.1, -0.05) is 19.3 Å². The van der Waals surface area contributed by atoms with E-state index in [1.165, 1.54) is 56.4 Å². The SMILES string of the molecule is O.O=C(CCCOc1ccc([N+](=O)[O-])c(/C=C2/NC(=O)NC2=O)c1)NCC1CCCCC1. The summed E-state index contributed by atoms with van der Waals surface area (Å²) < 4.78 is 5.62. The minimum Gasteiger partial charge on any atom is -0.494 e. The van der Waals surface area contributed by atoms with Crippen LogP contribution in [0.3, 0.4) is 0 Å². The van der Waals surface area contributed by atoms with Gasteiger partial charge in [0.25, 0.3) is 11.6 Å². The summed E-state index contributed by atoms with van der Waals surface area (Å²) in [5.41, 5.74) is -0.184. The number of carbonyl (C=O) groups excluding carboxylic acids is 3. The van der Waals surface area contributed by atoms with Gasteiger partial charge in [-0.05, 0) is 43.4 Å². The van der Waals surface area contributed by atoms with Crippen molar-refractivity contribution in [3.05, 3.63) is 39.6 Å². The molecule has 5 N–H and O–H groups in total. The van der Waals surface area contributed by atoms with E-state index < -0.39 is 16.9 Å². The number of nitrogens with one attached hydrogen (secondary N) is 3. The maximum atomic E-state index is 12.0. The Kier molecular flexibility index (Phi) is 9.14. The van der Waals surface area contributed by atoms with Crippen LogP contribution in [0.1, 0.15) is 50.5 Å². The highest BCUT2D eigenvalue weighted by molar-refractivity contribution is 6.14. The summed E-state index contributed by atoms with van der Waals surface area (Å²) in [5, 5.41) is 18.6. The number of imide groups is 1. The first-order valence-electron chi connectivity index (χ1n) is 10.4. The molecule has 0 atom stereocenters. The summed E-state index contributed by atoms with van der Waals surface area (Å²) in [5.74, 6) is 0.272. The van der Waals surface area contributed by atoms with E-state index in [1.54, 1.807) is 0 Å². The monoisotopic (exact) mass is 448 g/mol. The number of urea groups is 1. The lowest BCUT2D eigenvalue weighted by atomic mass is 9.89. The first-order valence-corrected chi connectivity index (χ1v) is 10.4. The summed E-state index contributed by atoms with van der Waals surface area (Å²) >= 11 is 0. The van der Waals surface area contributed by atoms with Gasteiger partial charge in [0.15, 0.2) is 0 Å². The number of ether oxygens (including phenoxy) is 1. The smallest absolute Gasteiger partial charge is 0.326 e. The van der Waals surface area contributed by atoms with Gasteiger partial charge in [-0.25, -0.2) is 4.79 Å². The van der Waals surface area contributed by atoms with Crippen LogP contribution in [0.4, 0.5) is 10.5 Å². The second-order valence-electron chi connectivity index (χ2n) is 7.70. The van der Waals surface area contributed by atoms with E-state index in [0.29, 0.717) is 24.5 Å². The van der Waals surface area contributed by atoms with E-state index in [9.17, 15) is 24.5 Å². The van der Waals surface area contributed by atoms with Gasteiger partial charge in [-0.3, -0.25) is 25.0 Å². The van der Waals surface area contributed by atoms with E-state index in [1.807, 2.05) is 5.32 Å². The van der Waals surface area contributed by atoms with Crippen molar-refractivity contribution in [1.82, 2.24) is 16.0 Å². The van der Waals surface area contributed by atoms with Crippen LogP contribution in [0.5, 0.6) is 5.75 Å². The molecule has 1 heterocycles. The van der Waals surface area contributed by atoms with Gasteiger partial charge < -0.3 is 20.8 Å². The Morgan fingerprint density at radius 1 is 1.22 bits per heavy atom. The van der Waals surface area contributed by atoms with Crippen molar-refractivity contribution in [2.75, 3.05) is 13.2 Å². The maximum absolute atomic E-state index is 12.0. The molecule has 0 unspecified atom stereocenters. The van der Waals surface area contributed by atoms with Crippen LogP contribution in [0.25, 0.3) is 6.08 Å². The van der Waals surface area contributed by atoms with Crippen molar-refractivity contribution in [1.29, 1.82) is 0 Å². The van der Waals surface area contributed by atoms with Gasteiger partial charge in [0.1, 0.15) is 11.4 Å². The standard InChI is InChI=1S/C21H26N4O6.H2O/c26-19(22-13-14-5-2-1-3-6-14)7-4-10-31-16-8-9-18(25(29)30)15(11-16)12-17-20(27)24-21(28)23-17;/h8-9,11-12,14H,1-7,10,13H2,(H,22,26)(H2,23,24,27,28);1H2/b17-12+;. The van der Waals surface area contributed by atoms with E-state index >= 15 is 0 Å². The van der Waals surface area contributed by atoms with Crippen molar-refractivity contribution in [2.24, 2.45) is 5.92 Å². The Morgan fingerprint density at radius 3 is 2.62 bits per heavy atom. The minimum absolute atomic E-state index is 0. The summed E-state index contributed by atoms with van der Waals surface area (Å²) in [4.78, 5) is 45.6. The van der Waals surface area contributed by atoms with E-state index in [-0.39, 0.29) is 34.9 Å². The van der Waals surface area contributed by atoms with Crippen molar-refractivity contribution in [2.45, 2.75) is 44.9 Å². The number of nitro benzene ring substituents is 1. The van der Waals surface area contributed by atoms with E-state index in [2.05, 4.69) is 10.6 Å². The predicted octanol–water partition coefficient (Wildman–Crippen LogP) is 1.81. The highest BCUT2D eigenvalue weighted by atomic mass is 16.6. The highest BCUT2D eigenvalue weighted by Gasteiger charge is 2.24. The Balaban J connectivity index is 0.00000363. The number of carbonyl (C=O) groups is 3. The molecule has 174 valence electrons. The van der Waals surface area contributed by atoms with Gasteiger partial charge in [-0.2, -0.15) is 0 Å². The van der Waals surface area contributed by atoms with Crippen molar-refractivity contribution in [3.8, 4) is 5.75 Å². The molecule has 2 aliphatic rings. The Bertz CT molecular complexity index is 894. The second-order valence-corrected chi connectivity index (χ2v) is 7.70. The average molecular weight is 448 g/mol. The number of hydrogen-bond donors (Lipinski definition) is 3. The lowest BCUT2D eigenvalue weighted by molar-refractivity contribution is -0.385. The minimum atomic E-state index is -0.687. The molecule has 1 aliphatic heterocycles. The lowest BCUT2D eigenvalue weighted by Gasteiger charge is -2.21. The summed E-state index contributed by atoms with van der Waals surface area (Å²) in [6, 6.07) is 3.46. The Hall–Kier alpha value is -3.47. The van der Waals surface area contributed by atoms with Crippen LogP contribution in [0.15, 0.2) is 23.9 Å². The molecular weight excluding hydrogens is 420 g/mol. The predicted molar refractivity (Wildman–Crippen MR) is 116 cm³/mol. The van der Waals surface area contributed by atoms with Crippen molar-refractivity contribution < 1.29 is 29.5 Å². The molecule has 0 aromatic heterocycles. The topological polar surface area (TPSA) is 171 Å². The third-order valence-corrected chi connectivity index (χ3v) is 5.34. The van der Waals surface area contributed by atoms with E-state index in [4.69, 9.17) is 4.74 Å². The van der Waals surface area contributed by atoms with Crippen LogP contribution >= 0.6 is 0 Å². The number of nitrogens with zero attached hydrogens (tertiary/aromatic N) is 1. The first kappa shape index (κ1) is 24.8. The number of hydrogen-bond acceptors (Lipinski definition) is 6. The molecule has 0 spiro atoms. The molecule has 1 aliphatic carbocycles. The fraction of sp³-hybridized carbons (Fsp3) is 0.476. The quantitative estimate of drug-likeness (QED) is 0.171. The average Bonchev–Trinajstić information content (AvgIpc) is 3.07. The molecule has 1 saturated heterocycles. The molecule has 1 aromatic rings. The normalized spacial score (nSPS) is 17.3. The fourth-order valence-corrected chi connectivity index (χ4v) is 3.70. The molecule has 2 fully saturated rings. The Labute approximate surface area is 185 Å². The summed E-state index contributed by atoms with van der Waals surface area (Å²) in [7, 11) is 0. The Morgan fingerprint density at radius 2 is 1.97 bits per heavy atom. The van der Waals surface area contributed by atoms with E-state index in [0.717, 1.165) is 6.54 Å². The molecule has 32 heavy (non-hydrogen) atoms.